The first-order valence-electron chi connectivity index (χ1n) is 7.60. The van der Waals surface area contributed by atoms with Crippen LogP contribution < -0.4 is 5.32 Å². The van der Waals surface area contributed by atoms with Crippen molar-refractivity contribution in [1.29, 1.82) is 0 Å². The van der Waals surface area contributed by atoms with Crippen molar-refractivity contribution >= 4 is 5.91 Å². The summed E-state index contributed by atoms with van der Waals surface area (Å²) in [5, 5.41) is 3.28. The Bertz CT molecular complexity index is 245. The molecule has 2 aliphatic carbocycles. The second-order valence-corrected chi connectivity index (χ2v) is 5.87. The summed E-state index contributed by atoms with van der Waals surface area (Å²) in [5.74, 6) is 1.92. The molecule has 1 amide bonds. The first kappa shape index (κ1) is 12.9. The molecule has 2 fully saturated rings. The number of rotatable bonds is 3. The average molecular weight is 237 g/mol. The van der Waals surface area contributed by atoms with E-state index < -0.39 is 0 Å². The van der Waals surface area contributed by atoms with E-state index in [-0.39, 0.29) is 5.91 Å². The molecule has 2 heteroatoms. The standard InChI is InChI=1S/C15H27NO/c1-2-15(17)16-14-11-7-6-10-13(14)12-8-4-3-5-9-12/h12-14H,2-11H2,1H3,(H,16,17). The Kier molecular flexibility index (Phi) is 4.87. The van der Waals surface area contributed by atoms with Crippen LogP contribution in [0.5, 0.6) is 0 Å². The zero-order chi connectivity index (χ0) is 12.1. The molecule has 0 aliphatic heterocycles. The highest BCUT2D eigenvalue weighted by Gasteiger charge is 2.32. The Labute approximate surface area is 106 Å². The second-order valence-electron chi connectivity index (χ2n) is 5.87. The Morgan fingerprint density at radius 2 is 1.65 bits per heavy atom. The molecule has 2 aliphatic rings. The summed E-state index contributed by atoms with van der Waals surface area (Å²) < 4.78 is 0. The first-order chi connectivity index (χ1) is 8.31. The topological polar surface area (TPSA) is 29.1 Å². The van der Waals surface area contributed by atoms with Gasteiger partial charge in [-0.3, -0.25) is 4.79 Å². The molecular formula is C15H27NO. The molecule has 0 saturated heterocycles. The van der Waals surface area contributed by atoms with Gasteiger partial charge in [0.25, 0.3) is 0 Å². The van der Waals surface area contributed by atoms with Crippen LogP contribution >= 0.6 is 0 Å². The fraction of sp³-hybridized carbons (Fsp3) is 0.933. The van der Waals surface area contributed by atoms with E-state index in [1.54, 1.807) is 0 Å². The highest BCUT2D eigenvalue weighted by Crippen LogP contribution is 2.38. The zero-order valence-electron chi connectivity index (χ0n) is 11.2. The maximum atomic E-state index is 11.6. The van der Waals surface area contributed by atoms with Crippen LogP contribution in [0.3, 0.4) is 0 Å². The normalized spacial score (nSPS) is 31.1. The Morgan fingerprint density at radius 1 is 1.00 bits per heavy atom. The van der Waals surface area contributed by atoms with Gasteiger partial charge in [-0.05, 0) is 24.7 Å². The van der Waals surface area contributed by atoms with Crippen molar-refractivity contribution in [3.05, 3.63) is 0 Å². The van der Waals surface area contributed by atoms with Crippen molar-refractivity contribution in [3.8, 4) is 0 Å². The second kappa shape index (κ2) is 6.42. The lowest BCUT2D eigenvalue weighted by Gasteiger charge is -2.39. The van der Waals surface area contributed by atoms with Gasteiger partial charge < -0.3 is 5.32 Å². The van der Waals surface area contributed by atoms with E-state index in [2.05, 4.69) is 5.32 Å². The minimum Gasteiger partial charge on any atom is -0.353 e. The molecule has 98 valence electrons. The van der Waals surface area contributed by atoms with Crippen molar-refractivity contribution < 1.29 is 4.79 Å². The largest absolute Gasteiger partial charge is 0.353 e. The summed E-state index contributed by atoms with van der Waals surface area (Å²) in [6.07, 6.45) is 12.9. The van der Waals surface area contributed by atoms with Crippen molar-refractivity contribution in [2.75, 3.05) is 0 Å². The third-order valence-corrected chi connectivity index (χ3v) is 4.74. The van der Waals surface area contributed by atoms with Gasteiger partial charge in [0.1, 0.15) is 0 Å². The summed E-state index contributed by atoms with van der Waals surface area (Å²) >= 11 is 0. The van der Waals surface area contributed by atoms with Gasteiger partial charge in [0.15, 0.2) is 0 Å². The summed E-state index contributed by atoms with van der Waals surface area (Å²) in [7, 11) is 0. The Balaban J connectivity index is 1.93. The minimum absolute atomic E-state index is 0.248. The van der Waals surface area contributed by atoms with Crippen molar-refractivity contribution in [3.63, 3.8) is 0 Å². The predicted molar refractivity (Wildman–Crippen MR) is 70.8 cm³/mol. The first-order valence-corrected chi connectivity index (χ1v) is 7.60. The van der Waals surface area contributed by atoms with Crippen LogP contribution in [0.25, 0.3) is 0 Å². The summed E-state index contributed by atoms with van der Waals surface area (Å²) in [5.41, 5.74) is 0. The molecular weight excluding hydrogens is 210 g/mol. The van der Waals surface area contributed by atoms with Crippen LogP contribution in [0, 0.1) is 11.8 Å². The number of carbonyl (C=O) groups is 1. The van der Waals surface area contributed by atoms with Crippen LogP contribution in [-0.4, -0.2) is 11.9 Å². The highest BCUT2D eigenvalue weighted by atomic mass is 16.1. The van der Waals surface area contributed by atoms with Gasteiger partial charge in [0.05, 0.1) is 0 Å². The lowest BCUT2D eigenvalue weighted by atomic mass is 9.71. The number of hydrogen-bond acceptors (Lipinski definition) is 1. The third kappa shape index (κ3) is 3.46. The molecule has 1 N–H and O–H groups in total. The molecule has 0 aromatic rings. The monoisotopic (exact) mass is 237 g/mol. The van der Waals surface area contributed by atoms with Gasteiger partial charge in [-0.1, -0.05) is 51.9 Å². The lowest BCUT2D eigenvalue weighted by Crippen LogP contribution is -2.45. The average Bonchev–Trinajstić information content (AvgIpc) is 2.40. The molecule has 2 rings (SSSR count). The van der Waals surface area contributed by atoms with Crippen molar-refractivity contribution in [2.24, 2.45) is 11.8 Å². The van der Waals surface area contributed by atoms with E-state index >= 15 is 0 Å². The fourth-order valence-corrected chi connectivity index (χ4v) is 3.77. The highest BCUT2D eigenvalue weighted by molar-refractivity contribution is 5.75. The lowest BCUT2D eigenvalue weighted by molar-refractivity contribution is -0.122. The van der Waals surface area contributed by atoms with Gasteiger partial charge in [0.2, 0.25) is 5.91 Å². The molecule has 17 heavy (non-hydrogen) atoms. The van der Waals surface area contributed by atoms with Crippen LogP contribution in [0.4, 0.5) is 0 Å². The third-order valence-electron chi connectivity index (χ3n) is 4.74. The molecule has 0 heterocycles. The molecule has 2 saturated carbocycles. The molecule has 2 atom stereocenters. The number of amides is 1. The number of carbonyl (C=O) groups excluding carboxylic acids is 1. The molecule has 0 aromatic carbocycles. The summed E-state index contributed by atoms with van der Waals surface area (Å²) in [6.45, 7) is 1.95. The van der Waals surface area contributed by atoms with Crippen LogP contribution in [0.15, 0.2) is 0 Å². The molecule has 0 radical (unpaired) electrons. The van der Waals surface area contributed by atoms with Gasteiger partial charge in [-0.2, -0.15) is 0 Å². The maximum Gasteiger partial charge on any atom is 0.219 e. The quantitative estimate of drug-likeness (QED) is 0.797. The Hall–Kier alpha value is -0.530. The number of nitrogens with one attached hydrogen (secondary N) is 1. The summed E-state index contributed by atoms with van der Waals surface area (Å²) in [4.78, 5) is 11.6. The SMILES string of the molecule is CCC(=O)NC1CCCCC1C1CCCCC1. The predicted octanol–water partition coefficient (Wildman–Crippen LogP) is 3.65. The molecule has 0 bridgehead atoms. The molecule has 2 nitrogen and oxygen atoms in total. The van der Waals surface area contributed by atoms with Crippen molar-refractivity contribution in [2.45, 2.75) is 77.2 Å². The van der Waals surface area contributed by atoms with E-state index in [4.69, 9.17) is 0 Å². The van der Waals surface area contributed by atoms with Crippen LogP contribution in [-0.2, 0) is 4.79 Å². The summed E-state index contributed by atoms with van der Waals surface area (Å²) in [6, 6.07) is 0.485. The molecule has 0 spiro atoms. The minimum atomic E-state index is 0.248. The van der Waals surface area contributed by atoms with Crippen LogP contribution in [0.1, 0.15) is 71.1 Å². The molecule has 0 aromatic heterocycles. The van der Waals surface area contributed by atoms with Crippen molar-refractivity contribution in [1.82, 2.24) is 5.32 Å². The van der Waals surface area contributed by atoms with E-state index in [0.29, 0.717) is 12.5 Å². The molecule has 2 unspecified atom stereocenters. The Morgan fingerprint density at radius 3 is 2.35 bits per heavy atom. The van der Waals surface area contributed by atoms with Gasteiger partial charge in [-0.15, -0.1) is 0 Å². The zero-order valence-corrected chi connectivity index (χ0v) is 11.2. The number of hydrogen-bond donors (Lipinski definition) is 1. The maximum absolute atomic E-state index is 11.6. The van der Waals surface area contributed by atoms with E-state index in [0.717, 1.165) is 11.8 Å². The smallest absolute Gasteiger partial charge is 0.219 e. The van der Waals surface area contributed by atoms with E-state index in [9.17, 15) is 4.79 Å². The van der Waals surface area contributed by atoms with Crippen LogP contribution in [0.2, 0.25) is 0 Å². The van der Waals surface area contributed by atoms with Gasteiger partial charge in [-0.25, -0.2) is 0 Å². The van der Waals surface area contributed by atoms with Gasteiger partial charge in [0, 0.05) is 12.5 Å². The van der Waals surface area contributed by atoms with E-state index in [1.165, 1.54) is 57.8 Å². The van der Waals surface area contributed by atoms with E-state index in [1.807, 2.05) is 6.92 Å². The fourth-order valence-electron chi connectivity index (χ4n) is 3.77. The van der Waals surface area contributed by atoms with Gasteiger partial charge >= 0.3 is 0 Å².